The molecule has 118 valence electrons. The molecule has 21 heavy (non-hydrogen) atoms. The fourth-order valence-electron chi connectivity index (χ4n) is 2.11. The van der Waals surface area contributed by atoms with Crippen LogP contribution < -0.4 is 10.9 Å². The van der Waals surface area contributed by atoms with E-state index >= 15 is 0 Å². The lowest BCUT2D eigenvalue weighted by Crippen LogP contribution is -2.42. The van der Waals surface area contributed by atoms with Crippen LogP contribution in [0.25, 0.3) is 0 Å². The van der Waals surface area contributed by atoms with Crippen LogP contribution in [-0.4, -0.2) is 54.0 Å². The van der Waals surface area contributed by atoms with Gasteiger partial charge < -0.3 is 19.9 Å². The van der Waals surface area contributed by atoms with Crippen molar-refractivity contribution in [1.82, 2.24) is 9.78 Å². The fourth-order valence-corrected chi connectivity index (χ4v) is 2.33. The number of nitrogens with one attached hydrogen (secondary N) is 1. The number of aliphatic hydroxyl groups is 1. The fraction of sp³-hybridized carbons (Fsp3) is 0.692. The maximum atomic E-state index is 12.0. The van der Waals surface area contributed by atoms with Crippen molar-refractivity contribution in [3.8, 4) is 0 Å². The average Bonchev–Trinajstić information content (AvgIpc) is 2.48. The van der Waals surface area contributed by atoms with Crippen molar-refractivity contribution in [3.63, 3.8) is 0 Å². The number of aromatic nitrogens is 2. The molecule has 1 aromatic rings. The predicted octanol–water partition coefficient (Wildman–Crippen LogP) is 0.496. The second-order valence-electron chi connectivity index (χ2n) is 5.08. The molecule has 1 aliphatic heterocycles. The van der Waals surface area contributed by atoms with E-state index in [1.54, 1.807) is 7.11 Å². The lowest BCUT2D eigenvalue weighted by Gasteiger charge is -2.32. The molecule has 1 aliphatic rings. The molecule has 1 aromatic heterocycles. The largest absolute Gasteiger partial charge is 0.388 e. The van der Waals surface area contributed by atoms with Crippen LogP contribution in [0.2, 0.25) is 5.02 Å². The van der Waals surface area contributed by atoms with Gasteiger partial charge in [0, 0.05) is 39.7 Å². The minimum Gasteiger partial charge on any atom is -0.388 e. The Morgan fingerprint density at radius 2 is 2.29 bits per heavy atom. The molecule has 7 nitrogen and oxygen atoms in total. The van der Waals surface area contributed by atoms with Crippen LogP contribution in [0.3, 0.4) is 0 Å². The summed E-state index contributed by atoms with van der Waals surface area (Å²) in [6.07, 6.45) is 2.59. The maximum absolute atomic E-state index is 12.0. The molecule has 2 N–H and O–H groups in total. The standard InChI is InChI=1S/C13H20ClN3O4/c1-20-7-4-17-12(18)11(14)10(8-16-17)15-9-13(19)2-5-21-6-3-13/h8,15,19H,2-7,9H2,1H3. The zero-order valence-corrected chi connectivity index (χ0v) is 12.7. The first kappa shape index (κ1) is 16.2. The number of anilines is 1. The van der Waals surface area contributed by atoms with E-state index in [9.17, 15) is 9.90 Å². The molecular formula is C13H20ClN3O4. The van der Waals surface area contributed by atoms with Gasteiger partial charge in [0.15, 0.2) is 0 Å². The van der Waals surface area contributed by atoms with E-state index in [2.05, 4.69) is 10.4 Å². The Balaban J connectivity index is 2.03. The van der Waals surface area contributed by atoms with Crippen molar-refractivity contribution < 1.29 is 14.6 Å². The molecule has 0 aliphatic carbocycles. The molecule has 0 amide bonds. The third-order valence-electron chi connectivity index (χ3n) is 3.52. The number of hydrogen-bond donors (Lipinski definition) is 2. The molecule has 0 aromatic carbocycles. The Morgan fingerprint density at radius 1 is 1.57 bits per heavy atom. The van der Waals surface area contributed by atoms with Gasteiger partial charge in [0.25, 0.3) is 5.56 Å². The van der Waals surface area contributed by atoms with Gasteiger partial charge in [-0.25, -0.2) is 4.68 Å². The number of ether oxygens (including phenoxy) is 2. The normalized spacial score (nSPS) is 17.7. The van der Waals surface area contributed by atoms with Crippen LogP contribution in [0.15, 0.2) is 11.0 Å². The van der Waals surface area contributed by atoms with Gasteiger partial charge in [-0.05, 0) is 0 Å². The van der Waals surface area contributed by atoms with Crippen molar-refractivity contribution in [2.75, 3.05) is 38.8 Å². The summed E-state index contributed by atoms with van der Waals surface area (Å²) in [5.41, 5.74) is -0.792. The molecule has 2 rings (SSSR count). The molecule has 0 saturated carbocycles. The zero-order valence-electron chi connectivity index (χ0n) is 12.0. The number of nitrogens with zero attached hydrogens (tertiary/aromatic N) is 2. The zero-order chi connectivity index (χ0) is 15.3. The summed E-state index contributed by atoms with van der Waals surface area (Å²) < 4.78 is 11.4. The van der Waals surface area contributed by atoms with Crippen molar-refractivity contribution >= 4 is 17.3 Å². The van der Waals surface area contributed by atoms with Crippen molar-refractivity contribution in [2.45, 2.75) is 25.0 Å². The summed E-state index contributed by atoms with van der Waals surface area (Å²) in [6, 6.07) is 0. The summed E-state index contributed by atoms with van der Waals surface area (Å²) in [5, 5.41) is 17.5. The smallest absolute Gasteiger partial charge is 0.287 e. The minimum absolute atomic E-state index is 0.0664. The first-order valence-electron chi connectivity index (χ1n) is 6.84. The van der Waals surface area contributed by atoms with Crippen LogP contribution in [-0.2, 0) is 16.0 Å². The topological polar surface area (TPSA) is 85.6 Å². The van der Waals surface area contributed by atoms with Crippen LogP contribution in [0.4, 0.5) is 5.69 Å². The molecule has 0 bridgehead atoms. The summed E-state index contributed by atoms with van der Waals surface area (Å²) in [6.45, 7) is 2.09. The first-order valence-corrected chi connectivity index (χ1v) is 7.22. The number of methoxy groups -OCH3 is 1. The molecule has 0 unspecified atom stereocenters. The Morgan fingerprint density at radius 3 is 2.95 bits per heavy atom. The van der Waals surface area contributed by atoms with Crippen molar-refractivity contribution in [3.05, 3.63) is 21.6 Å². The Labute approximate surface area is 127 Å². The highest BCUT2D eigenvalue weighted by atomic mass is 35.5. The Kier molecular flexibility index (Phi) is 5.58. The van der Waals surface area contributed by atoms with Crippen LogP contribution >= 0.6 is 11.6 Å². The Hall–Kier alpha value is -1.15. The molecule has 8 heteroatoms. The van der Waals surface area contributed by atoms with E-state index in [-0.39, 0.29) is 10.6 Å². The molecule has 2 heterocycles. The van der Waals surface area contributed by atoms with E-state index < -0.39 is 5.60 Å². The second kappa shape index (κ2) is 7.22. The van der Waals surface area contributed by atoms with Crippen LogP contribution in [0.1, 0.15) is 12.8 Å². The molecule has 1 saturated heterocycles. The van der Waals surface area contributed by atoms with E-state index in [0.717, 1.165) is 0 Å². The van der Waals surface area contributed by atoms with Gasteiger partial charge in [-0.2, -0.15) is 5.10 Å². The van der Waals surface area contributed by atoms with E-state index in [0.29, 0.717) is 51.4 Å². The monoisotopic (exact) mass is 317 g/mol. The SMILES string of the molecule is COCCn1ncc(NCC2(O)CCOCC2)c(Cl)c1=O. The summed E-state index contributed by atoms with van der Waals surface area (Å²) in [5.74, 6) is 0. The minimum atomic E-state index is -0.841. The quantitative estimate of drug-likeness (QED) is 0.794. The molecule has 1 fully saturated rings. The summed E-state index contributed by atoms with van der Waals surface area (Å²) in [7, 11) is 1.55. The lowest BCUT2D eigenvalue weighted by atomic mass is 9.94. The van der Waals surface area contributed by atoms with Gasteiger partial charge in [0.1, 0.15) is 5.02 Å². The second-order valence-corrected chi connectivity index (χ2v) is 5.46. The molecular weight excluding hydrogens is 298 g/mol. The Bertz CT molecular complexity index is 529. The third-order valence-corrected chi connectivity index (χ3v) is 3.89. The average molecular weight is 318 g/mol. The lowest BCUT2D eigenvalue weighted by molar-refractivity contribution is -0.0543. The maximum Gasteiger partial charge on any atom is 0.287 e. The van der Waals surface area contributed by atoms with Crippen molar-refractivity contribution in [2.24, 2.45) is 0 Å². The molecule has 0 spiro atoms. The van der Waals surface area contributed by atoms with E-state index in [4.69, 9.17) is 21.1 Å². The highest BCUT2D eigenvalue weighted by Gasteiger charge is 2.29. The van der Waals surface area contributed by atoms with Gasteiger partial charge in [-0.15, -0.1) is 0 Å². The van der Waals surface area contributed by atoms with Crippen LogP contribution in [0, 0.1) is 0 Å². The summed E-state index contributed by atoms with van der Waals surface area (Å²) in [4.78, 5) is 12.0. The summed E-state index contributed by atoms with van der Waals surface area (Å²) >= 11 is 6.06. The van der Waals surface area contributed by atoms with E-state index in [1.807, 2.05) is 0 Å². The van der Waals surface area contributed by atoms with Gasteiger partial charge in [0.05, 0.1) is 30.6 Å². The molecule has 0 atom stereocenters. The number of hydrogen-bond acceptors (Lipinski definition) is 6. The first-order chi connectivity index (χ1) is 10.1. The highest BCUT2D eigenvalue weighted by Crippen LogP contribution is 2.22. The van der Waals surface area contributed by atoms with Crippen molar-refractivity contribution in [1.29, 1.82) is 0 Å². The third kappa shape index (κ3) is 4.16. The van der Waals surface area contributed by atoms with E-state index in [1.165, 1.54) is 10.9 Å². The predicted molar refractivity (Wildman–Crippen MR) is 78.9 cm³/mol. The van der Waals surface area contributed by atoms with Gasteiger partial charge >= 0.3 is 0 Å². The number of rotatable bonds is 6. The molecule has 0 radical (unpaired) electrons. The van der Waals surface area contributed by atoms with Gasteiger partial charge in [-0.3, -0.25) is 4.79 Å². The number of halogens is 1. The van der Waals surface area contributed by atoms with Gasteiger partial charge in [0.2, 0.25) is 0 Å². The highest BCUT2D eigenvalue weighted by molar-refractivity contribution is 6.32. The van der Waals surface area contributed by atoms with Gasteiger partial charge in [-0.1, -0.05) is 11.6 Å². The van der Waals surface area contributed by atoms with Crippen LogP contribution in [0.5, 0.6) is 0 Å².